The summed E-state index contributed by atoms with van der Waals surface area (Å²) in [5, 5.41) is 3.24. The minimum Gasteiger partial charge on any atom is -0.497 e. The monoisotopic (exact) mass is 677 g/mol. The first-order valence-electron chi connectivity index (χ1n) is 15.3. The highest BCUT2D eigenvalue weighted by atomic mass is 35.5. The van der Waals surface area contributed by atoms with Crippen molar-refractivity contribution in [2.24, 2.45) is 0 Å². The van der Waals surface area contributed by atoms with Crippen molar-refractivity contribution in [1.82, 2.24) is 10.2 Å². The van der Waals surface area contributed by atoms with E-state index in [4.69, 9.17) is 21.1 Å². The van der Waals surface area contributed by atoms with Gasteiger partial charge >= 0.3 is 0 Å². The lowest BCUT2D eigenvalue weighted by Gasteiger charge is -2.34. The van der Waals surface area contributed by atoms with Crippen LogP contribution in [0.5, 0.6) is 11.5 Å². The van der Waals surface area contributed by atoms with E-state index >= 15 is 0 Å². The molecule has 0 saturated heterocycles. The molecule has 4 aromatic rings. The zero-order valence-electron chi connectivity index (χ0n) is 26.8. The van der Waals surface area contributed by atoms with E-state index < -0.39 is 28.5 Å². The van der Waals surface area contributed by atoms with Crippen LogP contribution in [0.4, 0.5) is 5.69 Å². The van der Waals surface area contributed by atoms with Crippen LogP contribution in [0.1, 0.15) is 30.9 Å². The third-order valence-electron chi connectivity index (χ3n) is 7.61. The standard InChI is InChI=1S/C36H40ClN3O6S/c1-4-5-21-38-36(42)33(23-27-13-8-6-9-14-27)39(25-28-15-12-16-30(22-28)45-2)35(41)26-40(32-24-29(37)19-20-34(32)46-3)47(43,44)31-17-10-7-11-18-31/h6-20,22,24,33H,4-5,21,23,25-26H2,1-3H3,(H,38,42)/t33-/m0/s1. The molecule has 0 radical (unpaired) electrons. The molecule has 1 atom stereocenters. The van der Waals surface area contributed by atoms with E-state index in [0.717, 1.165) is 22.7 Å². The number of amides is 2. The molecule has 0 aliphatic rings. The number of methoxy groups -OCH3 is 2. The van der Waals surface area contributed by atoms with Crippen molar-refractivity contribution in [2.45, 2.75) is 43.7 Å². The minimum absolute atomic E-state index is 0.0145. The molecule has 0 aliphatic heterocycles. The zero-order chi connectivity index (χ0) is 33.8. The summed E-state index contributed by atoms with van der Waals surface area (Å²) >= 11 is 6.35. The molecule has 0 saturated carbocycles. The van der Waals surface area contributed by atoms with E-state index in [1.165, 1.54) is 30.2 Å². The van der Waals surface area contributed by atoms with Gasteiger partial charge in [-0.25, -0.2) is 8.42 Å². The minimum atomic E-state index is -4.31. The van der Waals surface area contributed by atoms with E-state index in [0.29, 0.717) is 17.9 Å². The number of carbonyl (C=O) groups excluding carboxylic acids is 2. The number of rotatable bonds is 16. The van der Waals surface area contributed by atoms with Crippen molar-refractivity contribution in [1.29, 1.82) is 0 Å². The molecule has 4 rings (SSSR count). The molecular formula is C36H40ClN3O6S. The fourth-order valence-electron chi connectivity index (χ4n) is 5.12. The molecule has 0 aliphatic carbocycles. The van der Waals surface area contributed by atoms with Crippen LogP contribution in [0, 0.1) is 0 Å². The number of halogens is 1. The molecule has 4 aromatic carbocycles. The second-order valence-electron chi connectivity index (χ2n) is 10.9. The van der Waals surface area contributed by atoms with Gasteiger partial charge in [0.2, 0.25) is 11.8 Å². The Morgan fingerprint density at radius 1 is 0.851 bits per heavy atom. The molecule has 2 amide bonds. The van der Waals surface area contributed by atoms with Gasteiger partial charge in [0.05, 0.1) is 24.8 Å². The average Bonchev–Trinajstić information content (AvgIpc) is 3.09. The van der Waals surface area contributed by atoms with Crippen molar-refractivity contribution in [3.05, 3.63) is 119 Å². The Hall–Kier alpha value is -4.54. The van der Waals surface area contributed by atoms with E-state index in [-0.39, 0.29) is 40.2 Å². The molecule has 248 valence electrons. The van der Waals surface area contributed by atoms with Crippen LogP contribution in [0.25, 0.3) is 0 Å². The maximum Gasteiger partial charge on any atom is 0.264 e. The van der Waals surface area contributed by atoms with Gasteiger partial charge in [-0.15, -0.1) is 0 Å². The predicted octanol–water partition coefficient (Wildman–Crippen LogP) is 6.11. The Balaban J connectivity index is 1.84. The van der Waals surface area contributed by atoms with Crippen molar-refractivity contribution in [2.75, 3.05) is 31.6 Å². The summed E-state index contributed by atoms with van der Waals surface area (Å²) < 4.78 is 40.4. The van der Waals surface area contributed by atoms with Crippen LogP contribution in [-0.4, -0.2) is 58.5 Å². The Kier molecular flexibility index (Phi) is 12.7. The summed E-state index contributed by atoms with van der Waals surface area (Å²) in [6.07, 6.45) is 1.86. The van der Waals surface area contributed by atoms with Crippen LogP contribution < -0.4 is 19.1 Å². The Labute approximate surface area is 282 Å². The van der Waals surface area contributed by atoms with Gasteiger partial charge in [0.25, 0.3) is 10.0 Å². The second kappa shape index (κ2) is 16.9. The molecule has 0 heterocycles. The number of unbranched alkanes of at least 4 members (excludes halogenated alkanes) is 1. The van der Waals surface area contributed by atoms with Gasteiger partial charge < -0.3 is 19.7 Å². The molecule has 0 spiro atoms. The number of ether oxygens (including phenoxy) is 2. The topological polar surface area (TPSA) is 105 Å². The zero-order valence-corrected chi connectivity index (χ0v) is 28.3. The smallest absolute Gasteiger partial charge is 0.264 e. The first-order valence-corrected chi connectivity index (χ1v) is 17.1. The lowest BCUT2D eigenvalue weighted by Crippen LogP contribution is -2.53. The Bertz CT molecular complexity index is 1740. The van der Waals surface area contributed by atoms with Crippen molar-refractivity contribution in [3.63, 3.8) is 0 Å². The third kappa shape index (κ3) is 9.27. The number of nitrogens with zero attached hydrogens (tertiary/aromatic N) is 2. The maximum absolute atomic E-state index is 14.6. The molecule has 0 aromatic heterocycles. The average molecular weight is 678 g/mol. The molecule has 0 bridgehead atoms. The first-order chi connectivity index (χ1) is 22.7. The number of benzene rings is 4. The summed E-state index contributed by atoms with van der Waals surface area (Å²) in [4.78, 5) is 30.0. The highest BCUT2D eigenvalue weighted by Gasteiger charge is 2.35. The summed E-state index contributed by atoms with van der Waals surface area (Å²) in [5.41, 5.74) is 1.64. The first kappa shape index (κ1) is 35.3. The lowest BCUT2D eigenvalue weighted by molar-refractivity contribution is -0.140. The highest BCUT2D eigenvalue weighted by Crippen LogP contribution is 2.35. The Morgan fingerprint density at radius 3 is 2.19 bits per heavy atom. The number of sulfonamides is 1. The van der Waals surface area contributed by atoms with Gasteiger partial charge in [-0.3, -0.25) is 13.9 Å². The lowest BCUT2D eigenvalue weighted by atomic mass is 10.0. The maximum atomic E-state index is 14.6. The molecular weight excluding hydrogens is 638 g/mol. The largest absolute Gasteiger partial charge is 0.497 e. The van der Waals surface area contributed by atoms with Gasteiger partial charge in [-0.05, 0) is 60.0 Å². The number of hydrogen-bond acceptors (Lipinski definition) is 6. The van der Waals surface area contributed by atoms with Crippen molar-refractivity contribution in [3.8, 4) is 11.5 Å². The summed E-state index contributed by atoms with van der Waals surface area (Å²) in [6, 6.07) is 28.0. The van der Waals surface area contributed by atoms with Crippen LogP contribution in [0.2, 0.25) is 5.02 Å². The third-order valence-corrected chi connectivity index (χ3v) is 9.62. The van der Waals surface area contributed by atoms with Gasteiger partial charge in [-0.2, -0.15) is 0 Å². The molecule has 0 fully saturated rings. The summed E-state index contributed by atoms with van der Waals surface area (Å²) in [7, 11) is -1.35. The Morgan fingerprint density at radius 2 is 1.53 bits per heavy atom. The fourth-order valence-corrected chi connectivity index (χ4v) is 6.72. The van der Waals surface area contributed by atoms with Gasteiger partial charge in [0.1, 0.15) is 24.1 Å². The van der Waals surface area contributed by atoms with E-state index in [1.807, 2.05) is 43.3 Å². The van der Waals surface area contributed by atoms with Crippen molar-refractivity contribution >= 4 is 39.1 Å². The van der Waals surface area contributed by atoms with Gasteiger partial charge in [-0.1, -0.05) is 85.6 Å². The van der Waals surface area contributed by atoms with Crippen LogP contribution in [0.15, 0.2) is 108 Å². The SMILES string of the molecule is CCCCNC(=O)[C@H](Cc1ccccc1)N(Cc1cccc(OC)c1)C(=O)CN(c1cc(Cl)ccc1OC)S(=O)(=O)c1ccccc1. The van der Waals surface area contributed by atoms with Crippen LogP contribution >= 0.6 is 11.6 Å². The van der Waals surface area contributed by atoms with E-state index in [9.17, 15) is 18.0 Å². The van der Waals surface area contributed by atoms with Crippen molar-refractivity contribution < 1.29 is 27.5 Å². The van der Waals surface area contributed by atoms with Gasteiger partial charge in [0.15, 0.2) is 0 Å². The summed E-state index contributed by atoms with van der Waals surface area (Å²) in [6.45, 7) is 1.85. The van der Waals surface area contributed by atoms with E-state index in [2.05, 4.69) is 5.32 Å². The van der Waals surface area contributed by atoms with Crippen LogP contribution in [-0.2, 0) is 32.6 Å². The van der Waals surface area contributed by atoms with E-state index in [1.54, 1.807) is 55.6 Å². The number of hydrogen-bond donors (Lipinski definition) is 1. The quantitative estimate of drug-likeness (QED) is 0.144. The summed E-state index contributed by atoms with van der Waals surface area (Å²) in [5.74, 6) is -0.143. The molecule has 47 heavy (non-hydrogen) atoms. The molecule has 0 unspecified atom stereocenters. The molecule has 1 N–H and O–H groups in total. The van der Waals surface area contributed by atoms with Crippen LogP contribution in [0.3, 0.4) is 0 Å². The number of carbonyl (C=O) groups is 2. The highest BCUT2D eigenvalue weighted by molar-refractivity contribution is 7.92. The number of anilines is 1. The number of nitrogens with one attached hydrogen (secondary N) is 1. The molecule has 9 nitrogen and oxygen atoms in total. The fraction of sp³-hybridized carbons (Fsp3) is 0.278. The second-order valence-corrected chi connectivity index (χ2v) is 13.2. The normalized spacial score (nSPS) is 11.7. The predicted molar refractivity (Wildman–Crippen MR) is 184 cm³/mol. The van der Waals surface area contributed by atoms with Gasteiger partial charge in [0, 0.05) is 24.5 Å². The molecule has 11 heteroatoms.